The van der Waals surface area contributed by atoms with Crippen LogP contribution in [-0.2, 0) is 9.47 Å². The Bertz CT molecular complexity index is 746. The van der Waals surface area contributed by atoms with E-state index >= 15 is 0 Å². The van der Waals surface area contributed by atoms with Gasteiger partial charge in [0.1, 0.15) is 11.5 Å². The molecule has 2 fully saturated rings. The van der Waals surface area contributed by atoms with Gasteiger partial charge in [-0.3, -0.25) is 4.79 Å². The molecule has 2 saturated heterocycles. The van der Waals surface area contributed by atoms with Gasteiger partial charge in [0.15, 0.2) is 0 Å². The number of benzene rings is 1. The van der Waals surface area contributed by atoms with Crippen molar-refractivity contribution in [2.75, 3.05) is 19.8 Å². The first kappa shape index (κ1) is 15.6. The SMILES string of the molecule is O=C(N[C@@H]1CCOC2(CCOCC2)C1)c1cc2cc(F)ccc2[nH]1. The third-order valence-electron chi connectivity index (χ3n) is 5.06. The number of hydrogen-bond acceptors (Lipinski definition) is 3. The summed E-state index contributed by atoms with van der Waals surface area (Å²) in [6.45, 7) is 2.09. The Balaban J connectivity index is 1.46. The number of halogens is 1. The lowest BCUT2D eigenvalue weighted by molar-refractivity contribution is -0.139. The quantitative estimate of drug-likeness (QED) is 0.889. The topological polar surface area (TPSA) is 63.4 Å². The normalized spacial score (nSPS) is 23.5. The Morgan fingerprint density at radius 1 is 1.25 bits per heavy atom. The summed E-state index contributed by atoms with van der Waals surface area (Å²) in [4.78, 5) is 15.6. The minimum absolute atomic E-state index is 0.0903. The summed E-state index contributed by atoms with van der Waals surface area (Å²) in [5.74, 6) is -0.458. The van der Waals surface area contributed by atoms with Crippen molar-refractivity contribution in [1.82, 2.24) is 10.3 Å². The zero-order valence-electron chi connectivity index (χ0n) is 13.4. The summed E-state index contributed by atoms with van der Waals surface area (Å²) < 4.78 is 24.7. The highest BCUT2D eigenvalue weighted by molar-refractivity contribution is 5.98. The molecule has 3 heterocycles. The standard InChI is InChI=1S/C18H21FN2O3/c19-13-1-2-15-12(9-13)10-16(21-15)17(22)20-14-3-6-24-18(11-14)4-7-23-8-5-18/h1-2,9-10,14,21H,3-8,11H2,(H,20,22)/t14-/m1/s1. The second-order valence-corrected chi connectivity index (χ2v) is 6.72. The van der Waals surface area contributed by atoms with Crippen LogP contribution in [0.1, 0.15) is 36.2 Å². The summed E-state index contributed by atoms with van der Waals surface area (Å²) in [5.41, 5.74) is 1.07. The van der Waals surface area contributed by atoms with E-state index in [-0.39, 0.29) is 23.4 Å². The van der Waals surface area contributed by atoms with Crippen LogP contribution < -0.4 is 5.32 Å². The molecule has 0 unspecified atom stereocenters. The molecule has 1 atom stereocenters. The van der Waals surface area contributed by atoms with Gasteiger partial charge in [0.2, 0.25) is 0 Å². The first-order valence-corrected chi connectivity index (χ1v) is 8.44. The number of carbonyl (C=O) groups excluding carboxylic acids is 1. The maximum atomic E-state index is 13.3. The second-order valence-electron chi connectivity index (χ2n) is 6.72. The van der Waals surface area contributed by atoms with Crippen LogP contribution in [0, 0.1) is 5.82 Å². The number of H-pyrrole nitrogens is 1. The van der Waals surface area contributed by atoms with Crippen molar-refractivity contribution >= 4 is 16.8 Å². The number of carbonyl (C=O) groups is 1. The highest BCUT2D eigenvalue weighted by Crippen LogP contribution is 2.34. The van der Waals surface area contributed by atoms with Crippen molar-refractivity contribution in [3.63, 3.8) is 0 Å². The van der Waals surface area contributed by atoms with Crippen LogP contribution in [0.4, 0.5) is 4.39 Å². The molecule has 1 aromatic carbocycles. The summed E-state index contributed by atoms with van der Waals surface area (Å²) >= 11 is 0. The second kappa shape index (κ2) is 6.18. The Morgan fingerprint density at radius 3 is 2.92 bits per heavy atom. The Morgan fingerprint density at radius 2 is 2.08 bits per heavy atom. The fourth-order valence-corrected chi connectivity index (χ4v) is 3.73. The van der Waals surface area contributed by atoms with Gasteiger partial charge < -0.3 is 19.8 Å². The molecule has 0 saturated carbocycles. The van der Waals surface area contributed by atoms with E-state index in [9.17, 15) is 9.18 Å². The molecular weight excluding hydrogens is 311 g/mol. The molecule has 6 heteroatoms. The van der Waals surface area contributed by atoms with Crippen LogP contribution in [0.25, 0.3) is 10.9 Å². The molecule has 1 amide bonds. The van der Waals surface area contributed by atoms with Crippen LogP contribution in [0.2, 0.25) is 0 Å². The summed E-state index contributed by atoms with van der Waals surface area (Å²) in [6.07, 6.45) is 3.39. The summed E-state index contributed by atoms with van der Waals surface area (Å²) in [6, 6.07) is 6.24. The average molecular weight is 332 g/mol. The third-order valence-corrected chi connectivity index (χ3v) is 5.06. The largest absolute Gasteiger partial charge is 0.381 e. The molecule has 2 N–H and O–H groups in total. The Labute approximate surface area is 139 Å². The van der Waals surface area contributed by atoms with Gasteiger partial charge in [0, 0.05) is 36.8 Å². The van der Waals surface area contributed by atoms with Crippen LogP contribution in [0.3, 0.4) is 0 Å². The first-order valence-electron chi connectivity index (χ1n) is 8.44. The van der Waals surface area contributed by atoms with Crippen molar-refractivity contribution in [1.29, 1.82) is 0 Å². The number of nitrogens with one attached hydrogen (secondary N) is 2. The van der Waals surface area contributed by atoms with E-state index < -0.39 is 0 Å². The zero-order valence-corrected chi connectivity index (χ0v) is 13.4. The molecule has 2 aliphatic heterocycles. The number of amides is 1. The zero-order chi connectivity index (χ0) is 16.6. The molecule has 128 valence electrons. The molecule has 0 bridgehead atoms. The van der Waals surface area contributed by atoms with Gasteiger partial charge in [-0.2, -0.15) is 0 Å². The fourth-order valence-electron chi connectivity index (χ4n) is 3.73. The monoisotopic (exact) mass is 332 g/mol. The van der Waals surface area contributed by atoms with Gasteiger partial charge in [-0.1, -0.05) is 0 Å². The highest BCUT2D eigenvalue weighted by Gasteiger charge is 2.39. The van der Waals surface area contributed by atoms with E-state index in [1.165, 1.54) is 12.1 Å². The Hall–Kier alpha value is -1.92. The summed E-state index contributed by atoms with van der Waals surface area (Å²) in [5, 5.41) is 3.80. The number of hydrogen-bond donors (Lipinski definition) is 2. The molecule has 1 spiro atoms. The van der Waals surface area contributed by atoms with E-state index in [0.717, 1.165) is 31.2 Å². The molecule has 4 rings (SSSR count). The lowest BCUT2D eigenvalue weighted by atomic mass is 9.84. The molecule has 1 aromatic heterocycles. The van der Waals surface area contributed by atoms with E-state index in [2.05, 4.69) is 10.3 Å². The predicted octanol–water partition coefficient (Wildman–Crippen LogP) is 2.77. The van der Waals surface area contributed by atoms with Gasteiger partial charge in [0.25, 0.3) is 5.91 Å². The van der Waals surface area contributed by atoms with Gasteiger partial charge in [-0.15, -0.1) is 0 Å². The lowest BCUT2D eigenvalue weighted by Crippen LogP contribution is -2.51. The number of ether oxygens (including phenoxy) is 2. The van der Waals surface area contributed by atoms with Crippen molar-refractivity contribution < 1.29 is 18.7 Å². The highest BCUT2D eigenvalue weighted by atomic mass is 19.1. The van der Waals surface area contributed by atoms with Gasteiger partial charge >= 0.3 is 0 Å². The van der Waals surface area contributed by atoms with Crippen LogP contribution in [0.15, 0.2) is 24.3 Å². The number of rotatable bonds is 2. The van der Waals surface area contributed by atoms with Gasteiger partial charge in [-0.05, 0) is 49.9 Å². The lowest BCUT2D eigenvalue weighted by Gasteiger charge is -2.43. The average Bonchev–Trinajstić information content (AvgIpc) is 2.99. The van der Waals surface area contributed by atoms with E-state index in [4.69, 9.17) is 9.47 Å². The smallest absolute Gasteiger partial charge is 0.267 e. The number of aromatic nitrogens is 1. The molecule has 2 aromatic rings. The predicted molar refractivity (Wildman–Crippen MR) is 87.5 cm³/mol. The minimum atomic E-state index is -0.306. The van der Waals surface area contributed by atoms with Crippen molar-refractivity contribution in [3.05, 3.63) is 35.8 Å². The third kappa shape index (κ3) is 3.03. The molecule has 2 aliphatic rings. The minimum Gasteiger partial charge on any atom is -0.381 e. The molecule has 0 radical (unpaired) electrons. The van der Waals surface area contributed by atoms with Crippen LogP contribution >= 0.6 is 0 Å². The fraction of sp³-hybridized carbons (Fsp3) is 0.500. The molecule has 5 nitrogen and oxygen atoms in total. The number of aromatic amines is 1. The van der Waals surface area contributed by atoms with Crippen molar-refractivity contribution in [2.45, 2.75) is 37.3 Å². The summed E-state index contributed by atoms with van der Waals surface area (Å²) in [7, 11) is 0. The van der Waals surface area contributed by atoms with E-state index in [1.807, 2.05) is 0 Å². The van der Waals surface area contributed by atoms with E-state index in [0.29, 0.717) is 30.9 Å². The van der Waals surface area contributed by atoms with Gasteiger partial charge in [0.05, 0.1) is 5.60 Å². The molecule has 0 aliphatic carbocycles. The maximum Gasteiger partial charge on any atom is 0.267 e. The molecule has 24 heavy (non-hydrogen) atoms. The van der Waals surface area contributed by atoms with Crippen molar-refractivity contribution in [2.24, 2.45) is 0 Å². The van der Waals surface area contributed by atoms with Crippen molar-refractivity contribution in [3.8, 4) is 0 Å². The first-order chi connectivity index (χ1) is 11.6. The number of fused-ring (bicyclic) bond motifs is 1. The Kier molecular flexibility index (Phi) is 4.02. The maximum absolute atomic E-state index is 13.3. The van der Waals surface area contributed by atoms with Crippen LogP contribution in [-0.4, -0.2) is 42.4 Å². The van der Waals surface area contributed by atoms with E-state index in [1.54, 1.807) is 12.1 Å². The van der Waals surface area contributed by atoms with Gasteiger partial charge in [-0.25, -0.2) is 4.39 Å². The molecular formula is C18H21FN2O3. The van der Waals surface area contributed by atoms with Crippen LogP contribution in [0.5, 0.6) is 0 Å².